The van der Waals surface area contributed by atoms with Crippen molar-refractivity contribution in [2.45, 2.75) is 63.8 Å². The number of hydrogen-bond acceptors (Lipinski definition) is 2. The molecule has 1 N–H and O–H groups in total. The molecule has 1 aromatic carbocycles. The highest BCUT2D eigenvalue weighted by molar-refractivity contribution is 5.93. The highest BCUT2D eigenvalue weighted by Gasteiger charge is 2.21. The second kappa shape index (κ2) is 6.87. The summed E-state index contributed by atoms with van der Waals surface area (Å²) in [7, 11) is 0. The first-order chi connectivity index (χ1) is 10.4. The number of nitrogens with zero attached hydrogens (tertiary/aromatic N) is 1. The highest BCUT2D eigenvalue weighted by atomic mass is 35.5. The Bertz CT molecular complexity index is 647. The molecule has 22 heavy (non-hydrogen) atoms. The summed E-state index contributed by atoms with van der Waals surface area (Å²) in [5, 5.41) is 5.23. The maximum absolute atomic E-state index is 4.93. The molecule has 4 rings (SSSR count). The van der Waals surface area contributed by atoms with Crippen molar-refractivity contribution in [1.82, 2.24) is 4.98 Å². The molecule has 1 aromatic heterocycles. The van der Waals surface area contributed by atoms with Gasteiger partial charge in [-0.25, -0.2) is 0 Å². The maximum atomic E-state index is 4.93. The number of para-hydroxylation sites is 1. The molecule has 2 aliphatic rings. The van der Waals surface area contributed by atoms with Crippen LogP contribution in [0.5, 0.6) is 0 Å². The van der Waals surface area contributed by atoms with Gasteiger partial charge < -0.3 is 5.32 Å². The second-order valence-corrected chi connectivity index (χ2v) is 6.62. The van der Waals surface area contributed by atoms with Gasteiger partial charge in [0.1, 0.15) is 0 Å². The van der Waals surface area contributed by atoms with E-state index < -0.39 is 0 Å². The number of hydrogen-bond donors (Lipinski definition) is 1. The predicted octanol–water partition coefficient (Wildman–Crippen LogP) is 5.28. The van der Waals surface area contributed by atoms with Gasteiger partial charge in [-0.1, -0.05) is 37.5 Å². The van der Waals surface area contributed by atoms with Gasteiger partial charge in [-0.2, -0.15) is 0 Å². The molecule has 0 saturated heterocycles. The van der Waals surface area contributed by atoms with Crippen molar-refractivity contribution in [2.75, 3.05) is 5.32 Å². The normalized spacial score (nSPS) is 18.5. The zero-order valence-corrected chi connectivity index (χ0v) is 13.9. The smallest absolute Gasteiger partial charge is 0.0726 e. The monoisotopic (exact) mass is 316 g/mol. The van der Waals surface area contributed by atoms with E-state index in [-0.39, 0.29) is 12.4 Å². The van der Waals surface area contributed by atoms with Crippen LogP contribution in [0.3, 0.4) is 0 Å². The molecule has 0 aliphatic heterocycles. The van der Waals surface area contributed by atoms with Crippen molar-refractivity contribution in [3.05, 3.63) is 35.5 Å². The van der Waals surface area contributed by atoms with Crippen LogP contribution in [0.15, 0.2) is 24.3 Å². The molecule has 2 aromatic rings. The van der Waals surface area contributed by atoms with E-state index in [0.717, 1.165) is 11.9 Å². The zero-order chi connectivity index (χ0) is 14.1. The third kappa shape index (κ3) is 2.94. The van der Waals surface area contributed by atoms with Gasteiger partial charge in [-0.3, -0.25) is 4.98 Å². The number of benzene rings is 1. The number of rotatable bonds is 2. The van der Waals surface area contributed by atoms with Crippen molar-refractivity contribution >= 4 is 29.0 Å². The minimum Gasteiger partial charge on any atom is -0.381 e. The minimum atomic E-state index is 0. The van der Waals surface area contributed by atoms with Gasteiger partial charge in [-0.15, -0.1) is 12.4 Å². The van der Waals surface area contributed by atoms with E-state index in [1.165, 1.54) is 73.7 Å². The molecular formula is C19H25ClN2. The number of halogens is 1. The van der Waals surface area contributed by atoms with Gasteiger partial charge >= 0.3 is 0 Å². The van der Waals surface area contributed by atoms with Gasteiger partial charge in [0.05, 0.1) is 5.52 Å². The number of nitrogens with one attached hydrogen (secondary N) is 1. The Morgan fingerprint density at radius 2 is 1.68 bits per heavy atom. The van der Waals surface area contributed by atoms with Crippen LogP contribution in [0.4, 0.5) is 5.69 Å². The third-order valence-corrected chi connectivity index (χ3v) is 5.12. The lowest BCUT2D eigenvalue weighted by atomic mass is 9.90. The minimum absolute atomic E-state index is 0. The first-order valence-electron chi connectivity index (χ1n) is 8.59. The second-order valence-electron chi connectivity index (χ2n) is 6.62. The molecule has 2 nitrogen and oxygen atoms in total. The van der Waals surface area contributed by atoms with E-state index in [9.17, 15) is 0 Å². The Balaban J connectivity index is 0.00000144. The number of anilines is 1. The molecule has 0 radical (unpaired) electrons. The van der Waals surface area contributed by atoms with Crippen molar-refractivity contribution in [3.8, 4) is 0 Å². The summed E-state index contributed by atoms with van der Waals surface area (Å²) in [6.07, 6.45) is 11.8. The van der Waals surface area contributed by atoms with Crippen LogP contribution in [0.25, 0.3) is 10.9 Å². The quantitative estimate of drug-likeness (QED) is 0.815. The summed E-state index contributed by atoms with van der Waals surface area (Å²) in [4.78, 5) is 4.93. The van der Waals surface area contributed by atoms with Crippen LogP contribution in [-0.4, -0.2) is 11.0 Å². The molecule has 2 aliphatic carbocycles. The molecule has 0 amide bonds. The number of aromatic nitrogens is 1. The molecule has 1 saturated carbocycles. The van der Waals surface area contributed by atoms with Crippen molar-refractivity contribution in [2.24, 2.45) is 0 Å². The summed E-state index contributed by atoms with van der Waals surface area (Å²) in [5.74, 6) is 0. The lowest BCUT2D eigenvalue weighted by molar-refractivity contribution is 0.462. The van der Waals surface area contributed by atoms with E-state index in [4.69, 9.17) is 4.98 Å². The summed E-state index contributed by atoms with van der Waals surface area (Å²) < 4.78 is 0. The van der Waals surface area contributed by atoms with Gasteiger partial charge in [0.15, 0.2) is 0 Å². The largest absolute Gasteiger partial charge is 0.381 e. The van der Waals surface area contributed by atoms with Crippen LogP contribution in [-0.2, 0) is 12.8 Å². The average Bonchev–Trinajstić information content (AvgIpc) is 2.55. The van der Waals surface area contributed by atoms with Gasteiger partial charge in [-0.05, 0) is 50.2 Å². The maximum Gasteiger partial charge on any atom is 0.0726 e. The Morgan fingerprint density at radius 1 is 0.909 bits per heavy atom. The molecule has 118 valence electrons. The van der Waals surface area contributed by atoms with E-state index in [0.29, 0.717) is 6.04 Å². The fourth-order valence-corrected chi connectivity index (χ4v) is 3.99. The Morgan fingerprint density at radius 3 is 2.55 bits per heavy atom. The summed E-state index contributed by atoms with van der Waals surface area (Å²) >= 11 is 0. The first kappa shape index (κ1) is 15.6. The van der Waals surface area contributed by atoms with E-state index in [1.54, 1.807) is 0 Å². The molecule has 1 fully saturated rings. The van der Waals surface area contributed by atoms with E-state index in [1.807, 2.05) is 0 Å². The van der Waals surface area contributed by atoms with Gasteiger partial charge in [0.2, 0.25) is 0 Å². The molecule has 0 atom stereocenters. The fraction of sp³-hybridized carbons (Fsp3) is 0.526. The standard InChI is InChI=1S/C19H24N2.ClH/c1-2-8-14(9-3-1)20-19-15-10-4-6-12-17(15)21-18-13-7-5-11-16(18)19;/h4,6,10,12,14H,1-3,5,7-9,11,13H2,(H,20,21);1H. The zero-order valence-electron chi connectivity index (χ0n) is 13.1. The Hall–Kier alpha value is -1.28. The molecule has 0 unspecified atom stereocenters. The fourth-order valence-electron chi connectivity index (χ4n) is 3.99. The number of pyridine rings is 1. The molecule has 3 heteroatoms. The topological polar surface area (TPSA) is 24.9 Å². The Kier molecular flexibility index (Phi) is 4.87. The highest BCUT2D eigenvalue weighted by Crippen LogP contribution is 2.35. The summed E-state index contributed by atoms with van der Waals surface area (Å²) in [5.41, 5.74) is 5.42. The lowest BCUT2D eigenvalue weighted by Gasteiger charge is -2.28. The van der Waals surface area contributed by atoms with Gasteiger partial charge in [0, 0.05) is 22.8 Å². The van der Waals surface area contributed by atoms with Crippen molar-refractivity contribution in [1.29, 1.82) is 0 Å². The van der Waals surface area contributed by atoms with Crippen LogP contribution >= 0.6 is 12.4 Å². The SMILES string of the molecule is Cl.c1ccc2c(NC3CCCCC3)c3c(nc2c1)CCCC3. The van der Waals surface area contributed by atoms with Crippen molar-refractivity contribution < 1.29 is 0 Å². The lowest BCUT2D eigenvalue weighted by Crippen LogP contribution is -2.24. The molecule has 0 bridgehead atoms. The van der Waals surface area contributed by atoms with Gasteiger partial charge in [0.25, 0.3) is 0 Å². The predicted molar refractivity (Wildman–Crippen MR) is 96.1 cm³/mol. The van der Waals surface area contributed by atoms with E-state index >= 15 is 0 Å². The van der Waals surface area contributed by atoms with Crippen LogP contribution < -0.4 is 5.32 Å². The first-order valence-corrected chi connectivity index (χ1v) is 8.59. The van der Waals surface area contributed by atoms with E-state index in [2.05, 4.69) is 29.6 Å². The number of fused-ring (bicyclic) bond motifs is 2. The summed E-state index contributed by atoms with van der Waals surface area (Å²) in [6.45, 7) is 0. The average molecular weight is 317 g/mol. The summed E-state index contributed by atoms with van der Waals surface area (Å²) in [6, 6.07) is 9.31. The van der Waals surface area contributed by atoms with Crippen LogP contribution in [0, 0.1) is 0 Å². The third-order valence-electron chi connectivity index (χ3n) is 5.12. The number of aryl methyl sites for hydroxylation is 1. The van der Waals surface area contributed by atoms with Crippen LogP contribution in [0.2, 0.25) is 0 Å². The molecule has 0 spiro atoms. The molecule has 1 heterocycles. The molecular weight excluding hydrogens is 292 g/mol. The van der Waals surface area contributed by atoms with Crippen molar-refractivity contribution in [3.63, 3.8) is 0 Å². The van der Waals surface area contributed by atoms with Crippen LogP contribution in [0.1, 0.15) is 56.2 Å². The Labute approximate surface area is 139 Å².